The van der Waals surface area contributed by atoms with Crippen LogP contribution in [0.15, 0.2) is 60.4 Å². The van der Waals surface area contributed by atoms with Crippen molar-refractivity contribution in [3.8, 4) is 45.6 Å². The molecule has 0 unspecified atom stereocenters. The van der Waals surface area contributed by atoms with E-state index in [0.717, 1.165) is 6.08 Å². The molecule has 0 saturated carbocycles. The second-order valence-corrected chi connectivity index (χ2v) is 13.6. The van der Waals surface area contributed by atoms with E-state index in [9.17, 15) is 45.3 Å². The molecule has 8 atom stereocenters. The number of hydrogen-bond donors (Lipinski definition) is 7. The minimum Gasteiger partial charge on any atom is -0.504 e. The van der Waals surface area contributed by atoms with Crippen molar-refractivity contribution < 1.29 is 83.2 Å². The van der Waals surface area contributed by atoms with Gasteiger partial charge in [0.2, 0.25) is 5.76 Å². The zero-order valence-electron chi connectivity index (χ0n) is 32.9. The number of aliphatic hydroxyl groups is 5. The van der Waals surface area contributed by atoms with Crippen LogP contribution < -0.4 is 18.9 Å². The van der Waals surface area contributed by atoms with Crippen molar-refractivity contribution in [2.24, 2.45) is 0 Å². The number of esters is 2. The molecule has 0 aromatic heterocycles. The highest BCUT2D eigenvalue weighted by molar-refractivity contribution is 5.93. The molecular weight excluding hydrogens is 776 g/mol. The number of phenols is 2. The fourth-order valence-electron chi connectivity index (χ4n) is 6.37. The van der Waals surface area contributed by atoms with Gasteiger partial charge in [-0.25, -0.2) is 9.59 Å². The highest BCUT2D eigenvalue weighted by atomic mass is 16.6. The van der Waals surface area contributed by atoms with E-state index >= 15 is 0 Å². The summed E-state index contributed by atoms with van der Waals surface area (Å²) in [6, 6.07) is 10.4. The van der Waals surface area contributed by atoms with Crippen LogP contribution in [-0.2, 0) is 28.5 Å². The number of rotatable bonds is 16. The third kappa shape index (κ3) is 10.5. The Hall–Kier alpha value is -5.66. The number of hydrogen-bond acceptors (Lipinski definition) is 17. The number of aliphatic hydroxyl groups excluding tert-OH is 5. The number of carbonyl (C=O) groups excluding carboxylic acids is 2. The average Bonchev–Trinajstić information content (AvgIpc) is 3.63. The van der Waals surface area contributed by atoms with Gasteiger partial charge in [-0.1, -0.05) is 18.2 Å². The van der Waals surface area contributed by atoms with E-state index in [1.165, 1.54) is 69.9 Å². The van der Waals surface area contributed by atoms with E-state index in [2.05, 4.69) is 0 Å². The van der Waals surface area contributed by atoms with Gasteiger partial charge >= 0.3 is 11.9 Å². The van der Waals surface area contributed by atoms with Crippen molar-refractivity contribution in [2.45, 2.75) is 62.7 Å². The lowest BCUT2D eigenvalue weighted by Crippen LogP contribution is -2.34. The normalized spacial score (nSPS) is 24.4. The lowest BCUT2D eigenvalue weighted by molar-refractivity contribution is -0.147. The molecule has 2 aliphatic heterocycles. The van der Waals surface area contributed by atoms with E-state index in [1.807, 2.05) is 0 Å². The van der Waals surface area contributed by atoms with Crippen molar-refractivity contribution in [1.29, 1.82) is 0 Å². The summed E-state index contributed by atoms with van der Waals surface area (Å²) in [4.78, 5) is 26.3. The van der Waals surface area contributed by atoms with Crippen LogP contribution in [0.25, 0.3) is 29.4 Å². The topological polar surface area (TPSA) is 250 Å². The first-order valence-electron chi connectivity index (χ1n) is 18.4. The molecule has 0 amide bonds. The standard InChI is InChI=1S/C42H48O17/c1-21-36(45)40(49)33(57-21)19-55-35(44)11-9-24-13-26(38(47)30(16-24)53-4)27-14-25(17-31(54-5)39(27)48)18-32(42(51)56-20-34-41(50)37(46)22(2)58-34)59-28-10-8-23(7-6-12-43)15-29(28)52-3/h6-11,13-18,21-22,33-34,36-37,40-41,43,45-50H,12,19-20H2,1-5H3/b7-6+,11-9+,32-18-/t21-,22-,33-,34-,36-,37-,40-,41-/m0/s1. The summed E-state index contributed by atoms with van der Waals surface area (Å²) in [5.41, 5.74) is 1.19. The number of methoxy groups -OCH3 is 3. The number of aromatic hydroxyl groups is 2. The van der Waals surface area contributed by atoms with Crippen molar-refractivity contribution >= 4 is 30.2 Å². The molecule has 2 heterocycles. The molecule has 0 radical (unpaired) electrons. The lowest BCUT2D eigenvalue weighted by atomic mass is 9.97. The van der Waals surface area contributed by atoms with E-state index in [0.29, 0.717) is 11.1 Å². The molecule has 7 N–H and O–H groups in total. The first-order chi connectivity index (χ1) is 28.2. The Morgan fingerprint density at radius 1 is 0.661 bits per heavy atom. The molecule has 3 aromatic carbocycles. The summed E-state index contributed by atoms with van der Waals surface area (Å²) in [5, 5.41) is 72.4. The third-order valence-corrected chi connectivity index (χ3v) is 9.63. The number of phenolic OH excluding ortho intramolecular Hbond substituents is 2. The second-order valence-electron chi connectivity index (χ2n) is 13.6. The Morgan fingerprint density at radius 3 is 1.71 bits per heavy atom. The summed E-state index contributed by atoms with van der Waals surface area (Å²) >= 11 is 0. The van der Waals surface area contributed by atoms with Crippen molar-refractivity contribution in [3.63, 3.8) is 0 Å². The summed E-state index contributed by atoms with van der Waals surface area (Å²) in [5.74, 6) is -2.84. The predicted molar refractivity (Wildman–Crippen MR) is 210 cm³/mol. The van der Waals surface area contributed by atoms with Crippen LogP contribution in [0.2, 0.25) is 0 Å². The van der Waals surface area contributed by atoms with Crippen molar-refractivity contribution in [2.75, 3.05) is 41.2 Å². The van der Waals surface area contributed by atoms with Crippen LogP contribution in [0.1, 0.15) is 30.5 Å². The lowest BCUT2D eigenvalue weighted by Gasteiger charge is -2.17. The second kappa shape index (κ2) is 19.9. The van der Waals surface area contributed by atoms with Crippen molar-refractivity contribution in [1.82, 2.24) is 0 Å². The largest absolute Gasteiger partial charge is 0.504 e. The Morgan fingerprint density at radius 2 is 1.19 bits per heavy atom. The van der Waals surface area contributed by atoms with Gasteiger partial charge in [-0.15, -0.1) is 0 Å². The van der Waals surface area contributed by atoms with Crippen molar-refractivity contribution in [3.05, 3.63) is 77.1 Å². The molecule has 17 heteroatoms. The number of benzene rings is 3. The van der Waals surface area contributed by atoms with Crippen LogP contribution in [-0.4, -0.2) is 138 Å². The minimum absolute atomic E-state index is 0.0000447. The Kier molecular flexibility index (Phi) is 15.0. The van der Waals surface area contributed by atoms with Crippen LogP contribution in [0.4, 0.5) is 0 Å². The molecule has 0 spiro atoms. The third-order valence-electron chi connectivity index (χ3n) is 9.63. The molecule has 2 saturated heterocycles. The van der Waals surface area contributed by atoms with E-state index in [4.69, 9.17) is 37.9 Å². The van der Waals surface area contributed by atoms with E-state index in [-0.39, 0.29) is 52.9 Å². The van der Waals surface area contributed by atoms with Gasteiger partial charge in [-0.05, 0) is 79.1 Å². The SMILES string of the molecule is COc1cc(/C=C/CO)ccc1O/C(=C\c1cc(OC)c(O)c(-c2cc(/C=C/C(=O)OC[C@@H]3O[C@@H](C)[C@H](O)[C@H]3O)cc(OC)c2O)c1)C(=O)OC[C@@H]1O[C@@H](C)[C@H](O)[C@H]1O. The molecule has 17 nitrogen and oxygen atoms in total. The number of ether oxygens (including phenoxy) is 8. The van der Waals surface area contributed by atoms with Crippen LogP contribution in [0, 0.1) is 0 Å². The predicted octanol–water partition coefficient (Wildman–Crippen LogP) is 2.33. The molecule has 5 rings (SSSR count). The zero-order valence-corrected chi connectivity index (χ0v) is 32.9. The van der Waals surface area contributed by atoms with Crippen LogP contribution in [0.5, 0.6) is 34.5 Å². The fourth-order valence-corrected chi connectivity index (χ4v) is 6.37. The molecule has 2 fully saturated rings. The highest BCUT2D eigenvalue weighted by Gasteiger charge is 2.42. The van der Waals surface area contributed by atoms with E-state index < -0.39 is 84.6 Å². The average molecular weight is 825 g/mol. The maximum atomic E-state index is 13.7. The molecule has 59 heavy (non-hydrogen) atoms. The maximum absolute atomic E-state index is 13.7. The maximum Gasteiger partial charge on any atom is 0.374 e. The van der Waals surface area contributed by atoms with Gasteiger partial charge in [0.1, 0.15) is 49.8 Å². The smallest absolute Gasteiger partial charge is 0.374 e. The van der Waals surface area contributed by atoms with Crippen LogP contribution >= 0.6 is 0 Å². The van der Waals surface area contributed by atoms with Crippen LogP contribution in [0.3, 0.4) is 0 Å². The molecule has 318 valence electrons. The zero-order chi connectivity index (χ0) is 43.0. The summed E-state index contributed by atoms with van der Waals surface area (Å²) in [6.07, 6.45) is -1.29. The summed E-state index contributed by atoms with van der Waals surface area (Å²) in [7, 11) is 3.99. The van der Waals surface area contributed by atoms with Gasteiger partial charge in [0.15, 0.2) is 34.5 Å². The Bertz CT molecular complexity index is 2060. The fraction of sp³-hybridized carbons (Fsp3) is 0.381. The molecule has 0 bridgehead atoms. The molecular formula is C42H48O17. The monoisotopic (exact) mass is 824 g/mol. The number of carbonyl (C=O) groups is 2. The highest BCUT2D eigenvalue weighted by Crippen LogP contribution is 2.46. The van der Waals surface area contributed by atoms with Gasteiger partial charge in [0.25, 0.3) is 0 Å². The van der Waals surface area contributed by atoms with Gasteiger partial charge in [0.05, 0.1) is 40.1 Å². The van der Waals surface area contributed by atoms with Gasteiger partial charge < -0.3 is 73.6 Å². The molecule has 0 aliphatic carbocycles. The first kappa shape index (κ1) is 44.4. The summed E-state index contributed by atoms with van der Waals surface area (Å²) < 4.78 is 44.1. The molecule has 2 aliphatic rings. The van der Waals surface area contributed by atoms with Gasteiger partial charge in [-0.3, -0.25) is 0 Å². The Balaban J connectivity index is 1.50. The van der Waals surface area contributed by atoms with Gasteiger partial charge in [0, 0.05) is 17.2 Å². The quantitative estimate of drug-likeness (QED) is 0.0622. The Labute approximate surface area is 339 Å². The summed E-state index contributed by atoms with van der Waals surface area (Å²) in [6.45, 7) is 2.18. The molecule has 3 aromatic rings. The first-order valence-corrected chi connectivity index (χ1v) is 18.4. The van der Waals surface area contributed by atoms with Gasteiger partial charge in [-0.2, -0.15) is 0 Å². The minimum atomic E-state index is -1.32. The van der Waals surface area contributed by atoms with E-state index in [1.54, 1.807) is 32.1 Å².